The molecule has 1 aromatic rings. The van der Waals surface area contributed by atoms with Crippen molar-refractivity contribution in [1.82, 2.24) is 0 Å². The minimum absolute atomic E-state index is 0.00477. The lowest BCUT2D eigenvalue weighted by atomic mass is 10.0. The Hall–Kier alpha value is -1.75. The van der Waals surface area contributed by atoms with Gasteiger partial charge in [0.05, 0.1) is 26.9 Å². The first-order valence-corrected chi connectivity index (χ1v) is 6.00. The number of ether oxygens (including phenoxy) is 4. The molecule has 0 aliphatic rings. The Morgan fingerprint density at radius 1 is 1.00 bits per heavy atom. The summed E-state index contributed by atoms with van der Waals surface area (Å²) in [5, 5.41) is 0. The van der Waals surface area contributed by atoms with Crippen LogP contribution < -0.4 is 14.2 Å². The van der Waals surface area contributed by atoms with Crippen LogP contribution in [0.5, 0.6) is 17.2 Å². The fourth-order valence-electron chi connectivity index (χ4n) is 1.83. The van der Waals surface area contributed by atoms with Gasteiger partial charge in [0.25, 0.3) is 0 Å². The van der Waals surface area contributed by atoms with E-state index in [0.29, 0.717) is 42.3 Å². The van der Waals surface area contributed by atoms with Gasteiger partial charge in [-0.25, -0.2) is 0 Å². The Bertz CT molecular complexity index is 428. The van der Waals surface area contributed by atoms with Gasteiger partial charge < -0.3 is 18.9 Å². The van der Waals surface area contributed by atoms with Gasteiger partial charge in [0.1, 0.15) is 0 Å². The Kier molecular flexibility index (Phi) is 6.15. The van der Waals surface area contributed by atoms with E-state index in [0.717, 1.165) is 0 Å². The number of carbonyl (C=O) groups is 1. The van der Waals surface area contributed by atoms with E-state index in [1.165, 1.54) is 21.3 Å². The first-order chi connectivity index (χ1) is 9.19. The standard InChI is InChI=1S/C14H20O5/c1-16-9-5-6-11(15)10-7-8-12(17-2)14(19-4)13(10)18-3/h7-8H,5-6,9H2,1-4H3. The predicted molar refractivity (Wildman–Crippen MR) is 71.5 cm³/mol. The Morgan fingerprint density at radius 2 is 1.68 bits per heavy atom. The van der Waals surface area contributed by atoms with Crippen molar-refractivity contribution < 1.29 is 23.7 Å². The first-order valence-electron chi connectivity index (χ1n) is 6.00. The van der Waals surface area contributed by atoms with Crippen molar-refractivity contribution in [2.45, 2.75) is 12.8 Å². The van der Waals surface area contributed by atoms with Crippen LogP contribution in [-0.4, -0.2) is 40.8 Å². The molecule has 0 heterocycles. The molecule has 0 atom stereocenters. The molecule has 0 spiro atoms. The van der Waals surface area contributed by atoms with Gasteiger partial charge in [0, 0.05) is 20.1 Å². The normalized spacial score (nSPS) is 10.1. The molecule has 0 aliphatic carbocycles. The fourth-order valence-corrected chi connectivity index (χ4v) is 1.83. The molecule has 0 fully saturated rings. The van der Waals surface area contributed by atoms with E-state index in [-0.39, 0.29) is 5.78 Å². The van der Waals surface area contributed by atoms with Gasteiger partial charge >= 0.3 is 0 Å². The number of rotatable bonds is 8. The van der Waals surface area contributed by atoms with Crippen LogP contribution >= 0.6 is 0 Å². The highest BCUT2D eigenvalue weighted by atomic mass is 16.5. The van der Waals surface area contributed by atoms with Crippen molar-refractivity contribution in [3.63, 3.8) is 0 Å². The van der Waals surface area contributed by atoms with E-state index in [4.69, 9.17) is 18.9 Å². The number of ketones is 1. The number of hydrogen-bond acceptors (Lipinski definition) is 5. The molecule has 0 amide bonds. The average molecular weight is 268 g/mol. The zero-order chi connectivity index (χ0) is 14.3. The maximum absolute atomic E-state index is 12.1. The molecule has 0 aromatic heterocycles. The summed E-state index contributed by atoms with van der Waals surface area (Å²) in [7, 11) is 6.17. The van der Waals surface area contributed by atoms with Crippen molar-refractivity contribution >= 4 is 5.78 Å². The minimum atomic E-state index is -0.00477. The number of carbonyl (C=O) groups excluding carboxylic acids is 1. The fraction of sp³-hybridized carbons (Fsp3) is 0.500. The average Bonchev–Trinajstić information content (AvgIpc) is 2.45. The third kappa shape index (κ3) is 3.61. The second-order valence-electron chi connectivity index (χ2n) is 3.90. The summed E-state index contributed by atoms with van der Waals surface area (Å²) in [6.45, 7) is 0.557. The van der Waals surface area contributed by atoms with E-state index < -0.39 is 0 Å². The molecule has 0 unspecified atom stereocenters. The second-order valence-corrected chi connectivity index (χ2v) is 3.90. The molecule has 5 heteroatoms. The zero-order valence-corrected chi connectivity index (χ0v) is 11.8. The van der Waals surface area contributed by atoms with Gasteiger partial charge in [0.15, 0.2) is 17.3 Å². The molecule has 0 saturated carbocycles. The predicted octanol–water partition coefficient (Wildman–Crippen LogP) is 2.32. The smallest absolute Gasteiger partial charge is 0.204 e. The highest BCUT2D eigenvalue weighted by Gasteiger charge is 2.20. The molecular formula is C14H20O5. The third-order valence-corrected chi connectivity index (χ3v) is 2.76. The number of Topliss-reactive ketones (excluding diaryl/α,β-unsaturated/α-hetero) is 1. The summed E-state index contributed by atoms with van der Waals surface area (Å²) < 4.78 is 20.6. The molecule has 0 radical (unpaired) electrons. The van der Waals surface area contributed by atoms with Crippen LogP contribution in [0.15, 0.2) is 12.1 Å². The quantitative estimate of drug-likeness (QED) is 0.535. The lowest BCUT2D eigenvalue weighted by molar-refractivity contribution is 0.0959. The van der Waals surface area contributed by atoms with Crippen molar-refractivity contribution in [3.05, 3.63) is 17.7 Å². The Morgan fingerprint density at radius 3 is 2.21 bits per heavy atom. The maximum atomic E-state index is 12.1. The number of methoxy groups -OCH3 is 4. The monoisotopic (exact) mass is 268 g/mol. The van der Waals surface area contributed by atoms with Crippen molar-refractivity contribution in [2.75, 3.05) is 35.0 Å². The SMILES string of the molecule is COCCCC(=O)c1ccc(OC)c(OC)c1OC. The van der Waals surface area contributed by atoms with Crippen LogP contribution in [0.1, 0.15) is 23.2 Å². The highest BCUT2D eigenvalue weighted by molar-refractivity contribution is 5.99. The van der Waals surface area contributed by atoms with Gasteiger partial charge in [-0.2, -0.15) is 0 Å². The molecule has 0 aliphatic heterocycles. The van der Waals surface area contributed by atoms with Gasteiger partial charge in [-0.15, -0.1) is 0 Å². The van der Waals surface area contributed by atoms with Crippen LogP contribution in [0.3, 0.4) is 0 Å². The summed E-state index contributed by atoms with van der Waals surface area (Å²) in [5.74, 6) is 1.37. The van der Waals surface area contributed by atoms with Crippen LogP contribution in [-0.2, 0) is 4.74 Å². The summed E-state index contributed by atoms with van der Waals surface area (Å²) >= 11 is 0. The summed E-state index contributed by atoms with van der Waals surface area (Å²) in [6, 6.07) is 3.39. The maximum Gasteiger partial charge on any atom is 0.204 e. The van der Waals surface area contributed by atoms with Crippen LogP contribution in [0, 0.1) is 0 Å². The summed E-state index contributed by atoms with van der Waals surface area (Å²) in [4.78, 5) is 12.1. The van der Waals surface area contributed by atoms with Crippen LogP contribution in [0.2, 0.25) is 0 Å². The largest absolute Gasteiger partial charge is 0.493 e. The van der Waals surface area contributed by atoms with E-state index in [2.05, 4.69) is 0 Å². The van der Waals surface area contributed by atoms with Crippen LogP contribution in [0.4, 0.5) is 0 Å². The van der Waals surface area contributed by atoms with Crippen molar-refractivity contribution in [1.29, 1.82) is 0 Å². The molecule has 106 valence electrons. The van der Waals surface area contributed by atoms with Gasteiger partial charge in [-0.1, -0.05) is 0 Å². The molecule has 1 aromatic carbocycles. The number of hydrogen-bond donors (Lipinski definition) is 0. The van der Waals surface area contributed by atoms with Gasteiger partial charge in [-0.3, -0.25) is 4.79 Å². The van der Waals surface area contributed by atoms with Gasteiger partial charge in [0.2, 0.25) is 5.75 Å². The molecule has 1 rings (SSSR count). The lowest BCUT2D eigenvalue weighted by Crippen LogP contribution is -2.06. The second kappa shape index (κ2) is 7.63. The molecule has 0 saturated heterocycles. The van der Waals surface area contributed by atoms with E-state index in [1.54, 1.807) is 19.2 Å². The molecule has 0 N–H and O–H groups in total. The Balaban J connectivity index is 3.03. The topological polar surface area (TPSA) is 54.0 Å². The minimum Gasteiger partial charge on any atom is -0.493 e. The summed E-state index contributed by atoms with van der Waals surface area (Å²) in [6.07, 6.45) is 1.08. The van der Waals surface area contributed by atoms with E-state index in [9.17, 15) is 4.79 Å². The zero-order valence-electron chi connectivity index (χ0n) is 11.8. The van der Waals surface area contributed by atoms with Crippen molar-refractivity contribution in [3.8, 4) is 17.2 Å². The highest BCUT2D eigenvalue weighted by Crippen LogP contribution is 2.40. The summed E-state index contributed by atoms with van der Waals surface area (Å²) in [5.41, 5.74) is 0.497. The Labute approximate surface area is 113 Å². The van der Waals surface area contributed by atoms with E-state index in [1.807, 2.05) is 0 Å². The lowest BCUT2D eigenvalue weighted by Gasteiger charge is -2.15. The molecule has 19 heavy (non-hydrogen) atoms. The van der Waals surface area contributed by atoms with E-state index >= 15 is 0 Å². The van der Waals surface area contributed by atoms with Crippen molar-refractivity contribution in [2.24, 2.45) is 0 Å². The molecular weight excluding hydrogens is 248 g/mol. The first kappa shape index (κ1) is 15.3. The molecule has 5 nitrogen and oxygen atoms in total. The third-order valence-electron chi connectivity index (χ3n) is 2.76. The van der Waals surface area contributed by atoms with Gasteiger partial charge in [-0.05, 0) is 18.6 Å². The molecule has 0 bridgehead atoms. The van der Waals surface area contributed by atoms with Crippen LogP contribution in [0.25, 0.3) is 0 Å². The number of benzene rings is 1.